The Morgan fingerprint density at radius 3 is 1.69 bits per heavy atom. The summed E-state index contributed by atoms with van der Waals surface area (Å²) in [6.45, 7) is 6.64. The quantitative estimate of drug-likeness (QED) is 0.348. The van der Waals surface area contributed by atoms with Crippen molar-refractivity contribution in [3.8, 4) is 0 Å². The minimum absolute atomic E-state index is 0.0226. The molecule has 0 aliphatic rings. The molecule has 0 spiro atoms. The highest BCUT2D eigenvalue weighted by molar-refractivity contribution is 8.15. The largest absolute Gasteiger partial charge is 0.464 e. The fourth-order valence-electron chi connectivity index (χ4n) is 2.95. The van der Waals surface area contributed by atoms with Crippen molar-refractivity contribution < 1.29 is 28.7 Å². The number of rotatable bonds is 10. The van der Waals surface area contributed by atoms with E-state index in [-0.39, 0.29) is 6.61 Å². The predicted molar refractivity (Wildman–Crippen MR) is 139 cm³/mol. The van der Waals surface area contributed by atoms with Crippen LogP contribution in [0.1, 0.15) is 38.8 Å². The number of alkyl carbamates (subject to hydrolysis) is 1. The van der Waals surface area contributed by atoms with Gasteiger partial charge in [0.25, 0.3) is 0 Å². The van der Waals surface area contributed by atoms with Crippen LogP contribution >= 0.6 is 23.5 Å². The molecule has 1 amide bonds. The average Bonchev–Trinajstić information content (AvgIpc) is 2.81. The van der Waals surface area contributed by atoms with E-state index in [4.69, 9.17) is 9.47 Å². The summed E-state index contributed by atoms with van der Waals surface area (Å²) < 4.78 is 10.4. The SMILES string of the molecule is CCOC(=O)[C@@H](NC(=O)OC(C)(C)C)C(C(=O)SCc1ccccc1)C(=O)SCc1ccccc1. The second-order valence-corrected chi connectivity index (χ2v) is 10.5. The lowest BCUT2D eigenvalue weighted by Crippen LogP contribution is -2.52. The summed E-state index contributed by atoms with van der Waals surface area (Å²) >= 11 is 1.84. The van der Waals surface area contributed by atoms with E-state index in [2.05, 4.69) is 5.32 Å². The highest BCUT2D eigenvalue weighted by Gasteiger charge is 2.42. The van der Waals surface area contributed by atoms with Crippen molar-refractivity contribution in [3.05, 3.63) is 71.8 Å². The van der Waals surface area contributed by atoms with Crippen LogP contribution in [0.5, 0.6) is 0 Å². The summed E-state index contributed by atoms with van der Waals surface area (Å²) in [6, 6.07) is 17.1. The van der Waals surface area contributed by atoms with Crippen LogP contribution in [0.3, 0.4) is 0 Å². The van der Waals surface area contributed by atoms with Gasteiger partial charge in [-0.3, -0.25) is 9.59 Å². The molecule has 0 radical (unpaired) electrons. The molecule has 0 aromatic heterocycles. The molecule has 188 valence electrons. The van der Waals surface area contributed by atoms with Crippen LogP contribution in [0.15, 0.2) is 60.7 Å². The van der Waals surface area contributed by atoms with E-state index in [1.54, 1.807) is 27.7 Å². The van der Waals surface area contributed by atoms with Crippen LogP contribution in [0.4, 0.5) is 4.79 Å². The van der Waals surface area contributed by atoms with Crippen LogP contribution in [0.2, 0.25) is 0 Å². The van der Waals surface area contributed by atoms with Gasteiger partial charge in [0.1, 0.15) is 17.6 Å². The molecule has 1 N–H and O–H groups in total. The number of ether oxygens (including phenoxy) is 2. The molecule has 0 unspecified atom stereocenters. The molecular formula is C26H31NO6S2. The Bertz CT molecular complexity index is 936. The van der Waals surface area contributed by atoms with E-state index in [0.717, 1.165) is 34.7 Å². The molecule has 2 aromatic carbocycles. The number of carbonyl (C=O) groups excluding carboxylic acids is 4. The number of hydrogen-bond donors (Lipinski definition) is 1. The predicted octanol–water partition coefficient (Wildman–Crippen LogP) is 4.98. The number of carbonyl (C=O) groups is 4. The summed E-state index contributed by atoms with van der Waals surface area (Å²) in [6.07, 6.45) is -0.915. The molecule has 9 heteroatoms. The molecule has 0 aliphatic heterocycles. The van der Waals surface area contributed by atoms with Crippen LogP contribution in [0, 0.1) is 5.92 Å². The minimum atomic E-state index is -1.52. The maximum atomic E-state index is 13.3. The lowest BCUT2D eigenvalue weighted by atomic mass is 10.0. The zero-order chi connectivity index (χ0) is 25.8. The smallest absolute Gasteiger partial charge is 0.408 e. The van der Waals surface area contributed by atoms with Crippen LogP contribution < -0.4 is 5.32 Å². The first-order chi connectivity index (χ1) is 16.6. The van der Waals surface area contributed by atoms with E-state index in [1.165, 1.54) is 0 Å². The first-order valence-corrected chi connectivity index (χ1v) is 13.1. The molecule has 35 heavy (non-hydrogen) atoms. The summed E-state index contributed by atoms with van der Waals surface area (Å²) in [4.78, 5) is 52.0. The van der Waals surface area contributed by atoms with Gasteiger partial charge in [0.15, 0.2) is 0 Å². The molecule has 7 nitrogen and oxygen atoms in total. The third-order valence-corrected chi connectivity index (χ3v) is 6.53. The van der Waals surface area contributed by atoms with E-state index in [0.29, 0.717) is 11.5 Å². The lowest BCUT2D eigenvalue weighted by Gasteiger charge is -2.26. The van der Waals surface area contributed by atoms with E-state index >= 15 is 0 Å². The summed E-state index contributed by atoms with van der Waals surface area (Å²) in [5, 5.41) is 1.34. The second kappa shape index (κ2) is 13.9. The molecule has 0 fully saturated rings. The Balaban J connectivity index is 2.29. The van der Waals surface area contributed by atoms with E-state index < -0.39 is 39.9 Å². The number of esters is 1. The van der Waals surface area contributed by atoms with Crippen molar-refractivity contribution in [2.45, 2.75) is 50.8 Å². The van der Waals surface area contributed by atoms with Gasteiger partial charge >= 0.3 is 12.1 Å². The summed E-state index contributed by atoms with van der Waals surface area (Å²) in [5.74, 6) is -1.70. The Morgan fingerprint density at radius 1 is 0.829 bits per heavy atom. The fourth-order valence-corrected chi connectivity index (χ4v) is 4.87. The standard InChI is InChI=1S/C26H31NO6S2/c1-5-32-22(28)21(27-25(31)33-26(2,3)4)20(23(29)34-16-18-12-8-6-9-13-18)24(30)35-17-19-14-10-7-11-15-19/h6-15,20-21H,5,16-17H2,1-4H3,(H,27,31)/t21-/m0/s1. The summed E-state index contributed by atoms with van der Waals surface area (Å²) in [5.41, 5.74) is 0.945. The van der Waals surface area contributed by atoms with Gasteiger partial charge in [0.2, 0.25) is 10.2 Å². The topological polar surface area (TPSA) is 98.8 Å². The second-order valence-electron chi connectivity index (χ2n) is 8.54. The maximum absolute atomic E-state index is 13.3. The van der Waals surface area contributed by atoms with Gasteiger partial charge in [-0.05, 0) is 38.8 Å². The van der Waals surface area contributed by atoms with Gasteiger partial charge < -0.3 is 14.8 Å². The number of nitrogens with one attached hydrogen (secondary N) is 1. The molecule has 2 aromatic rings. The Labute approximate surface area is 214 Å². The number of benzene rings is 2. The van der Waals surface area contributed by atoms with Gasteiger partial charge in [-0.15, -0.1) is 0 Å². The molecule has 0 saturated carbocycles. The number of thioether (sulfide) groups is 2. The van der Waals surface area contributed by atoms with Gasteiger partial charge in [0, 0.05) is 11.5 Å². The first kappa shape index (κ1) is 28.5. The third kappa shape index (κ3) is 10.2. The highest BCUT2D eigenvalue weighted by Crippen LogP contribution is 2.27. The molecular weight excluding hydrogens is 486 g/mol. The van der Waals surface area contributed by atoms with Gasteiger partial charge in [-0.1, -0.05) is 84.2 Å². The van der Waals surface area contributed by atoms with Crippen molar-refractivity contribution in [1.29, 1.82) is 0 Å². The van der Waals surface area contributed by atoms with Gasteiger partial charge in [-0.2, -0.15) is 0 Å². The van der Waals surface area contributed by atoms with Crippen molar-refractivity contribution in [1.82, 2.24) is 5.32 Å². The zero-order valence-corrected chi connectivity index (χ0v) is 21.9. The Hall–Kier alpha value is -2.78. The Morgan fingerprint density at radius 2 is 1.29 bits per heavy atom. The third-order valence-electron chi connectivity index (χ3n) is 4.50. The van der Waals surface area contributed by atoms with Crippen LogP contribution in [-0.2, 0) is 35.4 Å². The normalized spacial score (nSPS) is 12.0. The van der Waals surface area contributed by atoms with Gasteiger partial charge in [0.05, 0.1) is 6.61 Å². The monoisotopic (exact) mass is 517 g/mol. The Kier molecular flexibility index (Phi) is 11.3. The van der Waals surface area contributed by atoms with E-state index in [9.17, 15) is 19.2 Å². The highest BCUT2D eigenvalue weighted by atomic mass is 32.2. The molecule has 0 heterocycles. The molecule has 0 aliphatic carbocycles. The maximum Gasteiger partial charge on any atom is 0.408 e. The van der Waals surface area contributed by atoms with E-state index in [1.807, 2.05) is 60.7 Å². The van der Waals surface area contributed by atoms with Crippen molar-refractivity contribution in [2.24, 2.45) is 5.92 Å². The number of hydrogen-bond acceptors (Lipinski definition) is 8. The molecule has 0 bridgehead atoms. The average molecular weight is 518 g/mol. The molecule has 1 atom stereocenters. The summed E-state index contributed by atoms with van der Waals surface area (Å²) in [7, 11) is 0. The zero-order valence-electron chi connectivity index (χ0n) is 20.3. The molecule has 2 rings (SSSR count). The van der Waals surface area contributed by atoms with Crippen LogP contribution in [-0.4, -0.2) is 40.5 Å². The minimum Gasteiger partial charge on any atom is -0.464 e. The molecule has 0 saturated heterocycles. The van der Waals surface area contributed by atoms with Crippen molar-refractivity contribution >= 4 is 45.8 Å². The van der Waals surface area contributed by atoms with Crippen LogP contribution in [0.25, 0.3) is 0 Å². The number of amides is 1. The first-order valence-electron chi connectivity index (χ1n) is 11.2. The van der Waals surface area contributed by atoms with Crippen molar-refractivity contribution in [3.63, 3.8) is 0 Å². The van der Waals surface area contributed by atoms with Gasteiger partial charge in [-0.25, -0.2) is 9.59 Å². The fraction of sp³-hybridized carbons (Fsp3) is 0.385. The lowest BCUT2D eigenvalue weighted by molar-refractivity contribution is -0.149. The van der Waals surface area contributed by atoms with Crippen molar-refractivity contribution in [2.75, 3.05) is 6.61 Å².